The molecular weight excluding hydrogens is 224 g/mol. The summed E-state index contributed by atoms with van der Waals surface area (Å²) in [5.41, 5.74) is 0.943. The van der Waals surface area contributed by atoms with Crippen molar-refractivity contribution in [1.82, 2.24) is 20.8 Å². The highest BCUT2D eigenvalue weighted by Crippen LogP contribution is 1.91. The van der Waals surface area contributed by atoms with Crippen LogP contribution >= 0.6 is 0 Å². The average molecular weight is 240 g/mol. The van der Waals surface area contributed by atoms with Gasteiger partial charge >= 0.3 is 6.09 Å². The minimum atomic E-state index is -0.624. The van der Waals surface area contributed by atoms with Gasteiger partial charge in [0.05, 0.1) is 7.11 Å². The number of H-pyrrole nitrogens is 1. The summed E-state index contributed by atoms with van der Waals surface area (Å²) in [6.45, 7) is 2.07. The molecule has 0 aliphatic carbocycles. The van der Waals surface area contributed by atoms with Crippen molar-refractivity contribution in [3.05, 3.63) is 18.0 Å². The van der Waals surface area contributed by atoms with Gasteiger partial charge in [-0.2, -0.15) is 5.10 Å². The summed E-state index contributed by atoms with van der Waals surface area (Å²) in [6, 6.07) is 1.21. The van der Waals surface area contributed by atoms with Gasteiger partial charge in [0.1, 0.15) is 6.04 Å². The van der Waals surface area contributed by atoms with E-state index in [2.05, 4.69) is 25.6 Å². The van der Waals surface area contributed by atoms with Crippen LogP contribution in [0.3, 0.4) is 0 Å². The molecule has 0 spiro atoms. The number of nitrogens with one attached hydrogen (secondary N) is 3. The first-order chi connectivity index (χ1) is 8.13. The quantitative estimate of drug-likeness (QED) is 0.664. The maximum absolute atomic E-state index is 11.5. The third-order valence-corrected chi connectivity index (χ3v) is 2.17. The summed E-state index contributed by atoms with van der Waals surface area (Å²) >= 11 is 0. The molecule has 0 saturated heterocycles. The second-order valence-electron chi connectivity index (χ2n) is 3.48. The Morgan fingerprint density at radius 2 is 2.35 bits per heavy atom. The topological polar surface area (TPSA) is 96.1 Å². The lowest BCUT2D eigenvalue weighted by molar-refractivity contribution is -0.122. The van der Waals surface area contributed by atoms with Crippen molar-refractivity contribution in [2.75, 3.05) is 13.7 Å². The molecule has 1 aromatic rings. The van der Waals surface area contributed by atoms with E-state index in [-0.39, 0.29) is 5.91 Å². The fourth-order valence-corrected chi connectivity index (χ4v) is 1.20. The molecule has 7 nitrogen and oxygen atoms in total. The second-order valence-corrected chi connectivity index (χ2v) is 3.48. The monoisotopic (exact) mass is 240 g/mol. The fraction of sp³-hybridized carbons (Fsp3) is 0.500. The predicted octanol–water partition coefficient (Wildman–Crippen LogP) is -0.187. The van der Waals surface area contributed by atoms with Crippen molar-refractivity contribution >= 4 is 12.0 Å². The summed E-state index contributed by atoms with van der Waals surface area (Å²) in [4.78, 5) is 22.4. The second kappa shape index (κ2) is 6.51. The van der Waals surface area contributed by atoms with Gasteiger partial charge in [-0.3, -0.25) is 9.89 Å². The Morgan fingerprint density at radius 1 is 1.59 bits per heavy atom. The number of aromatic nitrogens is 2. The number of alkyl carbamates (subject to hydrolysis) is 1. The molecule has 0 aliphatic heterocycles. The predicted molar refractivity (Wildman–Crippen MR) is 60.3 cm³/mol. The van der Waals surface area contributed by atoms with Crippen LogP contribution in [0, 0.1) is 0 Å². The SMILES string of the molecule is COC(=O)N[C@H](C)C(=O)NCCc1ccn[nH]1. The Bertz CT molecular complexity index is 364. The smallest absolute Gasteiger partial charge is 0.407 e. The molecule has 0 aromatic carbocycles. The van der Waals surface area contributed by atoms with Crippen LogP contribution in [0.15, 0.2) is 12.3 Å². The molecule has 3 N–H and O–H groups in total. The standard InChI is InChI=1S/C10H16N4O3/c1-7(13-10(16)17-2)9(15)11-5-3-8-4-6-12-14-8/h4,6-7H,3,5H2,1-2H3,(H,11,15)(H,12,14)(H,13,16)/t7-/m1/s1. The maximum Gasteiger partial charge on any atom is 0.407 e. The van der Waals surface area contributed by atoms with Crippen molar-refractivity contribution in [3.63, 3.8) is 0 Å². The summed E-state index contributed by atoms with van der Waals surface area (Å²) < 4.78 is 4.39. The Kier molecular flexibility index (Phi) is 4.99. The molecule has 1 aromatic heterocycles. The number of carbonyl (C=O) groups is 2. The first kappa shape index (κ1) is 13.0. The maximum atomic E-state index is 11.5. The van der Waals surface area contributed by atoms with Crippen LogP contribution in [0.4, 0.5) is 4.79 Å². The lowest BCUT2D eigenvalue weighted by Gasteiger charge is -2.12. The highest BCUT2D eigenvalue weighted by atomic mass is 16.5. The molecule has 0 bridgehead atoms. The fourth-order valence-electron chi connectivity index (χ4n) is 1.20. The number of nitrogens with zero attached hydrogens (tertiary/aromatic N) is 1. The van der Waals surface area contributed by atoms with E-state index >= 15 is 0 Å². The molecule has 1 atom stereocenters. The highest BCUT2D eigenvalue weighted by molar-refractivity contribution is 5.85. The minimum absolute atomic E-state index is 0.255. The van der Waals surface area contributed by atoms with E-state index in [9.17, 15) is 9.59 Å². The van der Waals surface area contributed by atoms with Crippen molar-refractivity contribution in [3.8, 4) is 0 Å². The van der Waals surface area contributed by atoms with Gasteiger partial charge in [0, 0.05) is 24.9 Å². The highest BCUT2D eigenvalue weighted by Gasteiger charge is 2.14. The Hall–Kier alpha value is -2.05. The molecule has 7 heteroatoms. The van der Waals surface area contributed by atoms with Crippen molar-refractivity contribution < 1.29 is 14.3 Å². The van der Waals surface area contributed by atoms with Gasteiger partial charge < -0.3 is 15.4 Å². The molecule has 0 saturated carbocycles. The van der Waals surface area contributed by atoms with E-state index < -0.39 is 12.1 Å². The van der Waals surface area contributed by atoms with Gasteiger partial charge in [-0.1, -0.05) is 0 Å². The molecular formula is C10H16N4O3. The van der Waals surface area contributed by atoms with Crippen LogP contribution in [-0.2, 0) is 16.0 Å². The number of aromatic amines is 1. The van der Waals surface area contributed by atoms with E-state index in [0.29, 0.717) is 13.0 Å². The number of amides is 2. The Morgan fingerprint density at radius 3 is 2.94 bits per heavy atom. The zero-order valence-electron chi connectivity index (χ0n) is 9.82. The van der Waals surface area contributed by atoms with Crippen LogP contribution in [-0.4, -0.2) is 41.9 Å². The molecule has 0 fully saturated rings. The molecule has 0 radical (unpaired) electrons. The Balaban J connectivity index is 2.22. The first-order valence-electron chi connectivity index (χ1n) is 5.24. The van der Waals surface area contributed by atoms with Crippen molar-refractivity contribution in [1.29, 1.82) is 0 Å². The zero-order chi connectivity index (χ0) is 12.7. The number of rotatable bonds is 5. The zero-order valence-corrected chi connectivity index (χ0v) is 9.82. The summed E-state index contributed by atoms with van der Waals surface area (Å²) in [5, 5.41) is 11.7. The molecule has 0 unspecified atom stereocenters. The largest absolute Gasteiger partial charge is 0.453 e. The van der Waals surface area contributed by atoms with Gasteiger partial charge in [-0.25, -0.2) is 4.79 Å². The average Bonchev–Trinajstić information content (AvgIpc) is 2.81. The lowest BCUT2D eigenvalue weighted by atomic mass is 10.3. The normalized spacial score (nSPS) is 11.6. The van der Waals surface area contributed by atoms with Crippen LogP contribution in [0.5, 0.6) is 0 Å². The van der Waals surface area contributed by atoms with E-state index in [1.165, 1.54) is 7.11 Å². The number of ether oxygens (including phenoxy) is 1. The Labute approximate surface area is 98.9 Å². The molecule has 94 valence electrons. The summed E-state index contributed by atoms with van der Waals surface area (Å²) in [6.07, 6.45) is 1.69. The number of carbonyl (C=O) groups excluding carboxylic acids is 2. The van der Waals surface area contributed by atoms with E-state index in [1.807, 2.05) is 6.07 Å². The van der Waals surface area contributed by atoms with Crippen LogP contribution < -0.4 is 10.6 Å². The molecule has 1 heterocycles. The number of methoxy groups -OCH3 is 1. The van der Waals surface area contributed by atoms with Gasteiger partial charge in [-0.05, 0) is 13.0 Å². The van der Waals surface area contributed by atoms with Gasteiger partial charge in [0.2, 0.25) is 5.91 Å². The van der Waals surface area contributed by atoms with Gasteiger partial charge in [-0.15, -0.1) is 0 Å². The number of hydrogen-bond donors (Lipinski definition) is 3. The lowest BCUT2D eigenvalue weighted by Crippen LogP contribution is -2.45. The summed E-state index contributed by atoms with van der Waals surface area (Å²) in [7, 11) is 1.25. The van der Waals surface area contributed by atoms with E-state index in [1.54, 1.807) is 13.1 Å². The summed E-state index contributed by atoms with van der Waals surface area (Å²) in [5.74, 6) is -0.255. The molecule has 1 rings (SSSR count). The number of hydrogen-bond acceptors (Lipinski definition) is 4. The molecule has 17 heavy (non-hydrogen) atoms. The first-order valence-corrected chi connectivity index (χ1v) is 5.24. The molecule has 0 aliphatic rings. The van der Waals surface area contributed by atoms with Gasteiger partial charge in [0.15, 0.2) is 0 Å². The van der Waals surface area contributed by atoms with Crippen molar-refractivity contribution in [2.24, 2.45) is 0 Å². The third-order valence-electron chi connectivity index (χ3n) is 2.17. The van der Waals surface area contributed by atoms with Gasteiger partial charge in [0.25, 0.3) is 0 Å². The minimum Gasteiger partial charge on any atom is -0.453 e. The van der Waals surface area contributed by atoms with Crippen LogP contribution in [0.2, 0.25) is 0 Å². The van der Waals surface area contributed by atoms with E-state index in [0.717, 1.165) is 5.69 Å². The molecule has 2 amide bonds. The van der Waals surface area contributed by atoms with E-state index in [4.69, 9.17) is 0 Å². The third kappa shape index (κ3) is 4.54. The van der Waals surface area contributed by atoms with Crippen LogP contribution in [0.1, 0.15) is 12.6 Å². The van der Waals surface area contributed by atoms with Crippen molar-refractivity contribution in [2.45, 2.75) is 19.4 Å². The van der Waals surface area contributed by atoms with Crippen LogP contribution in [0.25, 0.3) is 0 Å².